The summed E-state index contributed by atoms with van der Waals surface area (Å²) in [4.78, 5) is 27.6. The molecule has 0 bridgehead atoms. The monoisotopic (exact) mass is 296 g/mol. The van der Waals surface area contributed by atoms with E-state index in [1.807, 2.05) is 32.0 Å². The number of aromatic nitrogens is 1. The first kappa shape index (κ1) is 15.9. The molecule has 1 unspecified atom stereocenters. The topological polar surface area (TPSA) is 59.1 Å². The number of hydrogen-bond donors (Lipinski definition) is 1. The molecule has 0 saturated carbocycles. The number of nitrogens with zero attached hydrogens (tertiary/aromatic N) is 1. The Morgan fingerprint density at radius 2 is 1.77 bits per heavy atom. The van der Waals surface area contributed by atoms with Gasteiger partial charge < -0.3 is 5.32 Å². The number of carbonyl (C=O) groups excluding carboxylic acids is 2. The summed E-state index contributed by atoms with van der Waals surface area (Å²) in [5.74, 6) is -0.0876. The third-order valence-electron chi connectivity index (χ3n) is 3.62. The summed E-state index contributed by atoms with van der Waals surface area (Å²) < 4.78 is 0. The van der Waals surface area contributed by atoms with Gasteiger partial charge in [-0.2, -0.15) is 0 Å². The number of ketones is 1. The number of carbonyl (C=O) groups is 2. The van der Waals surface area contributed by atoms with Crippen molar-refractivity contribution in [2.45, 2.75) is 33.2 Å². The lowest BCUT2D eigenvalue weighted by Gasteiger charge is -2.11. The molecule has 0 radical (unpaired) electrons. The molecular weight excluding hydrogens is 276 g/mol. The largest absolute Gasteiger partial charge is 0.350 e. The molecule has 4 heteroatoms. The van der Waals surface area contributed by atoms with Crippen LogP contribution in [0.2, 0.25) is 0 Å². The standard InChI is InChI=1S/C18H20N2O2/c1-4-12(2)20-18(22)17-9-16(10-19-11-17)15-7-5-14(6-8-15)13(3)21/h5-12H,4H2,1-3H3,(H,20,22). The molecule has 0 saturated heterocycles. The van der Waals surface area contributed by atoms with Crippen molar-refractivity contribution < 1.29 is 9.59 Å². The number of hydrogen-bond acceptors (Lipinski definition) is 3. The molecule has 4 nitrogen and oxygen atoms in total. The Morgan fingerprint density at radius 1 is 1.09 bits per heavy atom. The molecule has 1 heterocycles. The summed E-state index contributed by atoms with van der Waals surface area (Å²) in [6.07, 6.45) is 4.15. The van der Waals surface area contributed by atoms with Gasteiger partial charge in [0, 0.05) is 29.6 Å². The maximum atomic E-state index is 12.1. The molecule has 1 N–H and O–H groups in total. The molecule has 0 fully saturated rings. The molecule has 1 atom stereocenters. The second-order valence-corrected chi connectivity index (χ2v) is 5.38. The van der Waals surface area contributed by atoms with E-state index in [0.717, 1.165) is 17.5 Å². The van der Waals surface area contributed by atoms with Crippen molar-refractivity contribution in [3.63, 3.8) is 0 Å². The highest BCUT2D eigenvalue weighted by atomic mass is 16.1. The molecule has 1 aromatic heterocycles. The molecule has 114 valence electrons. The fraction of sp³-hybridized carbons (Fsp3) is 0.278. The maximum Gasteiger partial charge on any atom is 0.253 e. The molecule has 2 aromatic rings. The summed E-state index contributed by atoms with van der Waals surface area (Å²) >= 11 is 0. The molecule has 22 heavy (non-hydrogen) atoms. The molecule has 1 amide bonds. The number of amides is 1. The second-order valence-electron chi connectivity index (χ2n) is 5.38. The van der Waals surface area contributed by atoms with E-state index in [4.69, 9.17) is 0 Å². The van der Waals surface area contributed by atoms with Crippen LogP contribution in [0.4, 0.5) is 0 Å². The van der Waals surface area contributed by atoms with Crippen LogP contribution in [0.25, 0.3) is 11.1 Å². The van der Waals surface area contributed by atoms with Crippen LogP contribution in [0.15, 0.2) is 42.7 Å². The van der Waals surface area contributed by atoms with Crippen LogP contribution in [-0.4, -0.2) is 22.7 Å². The van der Waals surface area contributed by atoms with E-state index in [-0.39, 0.29) is 17.7 Å². The molecule has 2 rings (SSSR count). The van der Waals surface area contributed by atoms with Crippen molar-refractivity contribution in [2.24, 2.45) is 0 Å². The second kappa shape index (κ2) is 6.98. The fourth-order valence-electron chi connectivity index (χ4n) is 2.03. The molecular formula is C18H20N2O2. The van der Waals surface area contributed by atoms with Crippen LogP contribution >= 0.6 is 0 Å². The minimum atomic E-state index is -0.121. The van der Waals surface area contributed by atoms with E-state index in [2.05, 4.69) is 10.3 Å². The average Bonchev–Trinajstić information content (AvgIpc) is 2.54. The Morgan fingerprint density at radius 3 is 2.36 bits per heavy atom. The molecule has 1 aromatic carbocycles. The van der Waals surface area contributed by atoms with Crippen molar-refractivity contribution in [1.29, 1.82) is 0 Å². The predicted octanol–water partition coefficient (Wildman–Crippen LogP) is 3.48. The zero-order valence-corrected chi connectivity index (χ0v) is 13.1. The minimum Gasteiger partial charge on any atom is -0.350 e. The first-order chi connectivity index (χ1) is 10.5. The van der Waals surface area contributed by atoms with Gasteiger partial charge in [-0.15, -0.1) is 0 Å². The molecule has 0 spiro atoms. The summed E-state index contributed by atoms with van der Waals surface area (Å²) in [7, 11) is 0. The highest BCUT2D eigenvalue weighted by Gasteiger charge is 2.10. The number of pyridine rings is 1. The van der Waals surface area contributed by atoms with Gasteiger partial charge in [-0.05, 0) is 31.9 Å². The Kier molecular flexibility index (Phi) is 5.04. The quantitative estimate of drug-likeness (QED) is 0.859. The SMILES string of the molecule is CCC(C)NC(=O)c1cncc(-c2ccc(C(C)=O)cc2)c1. The first-order valence-electron chi connectivity index (χ1n) is 7.38. The lowest BCUT2D eigenvalue weighted by Crippen LogP contribution is -2.31. The van der Waals surface area contributed by atoms with Gasteiger partial charge in [0.2, 0.25) is 0 Å². The summed E-state index contributed by atoms with van der Waals surface area (Å²) in [6.45, 7) is 5.53. The molecule has 0 aliphatic heterocycles. The highest BCUT2D eigenvalue weighted by Crippen LogP contribution is 2.20. The van der Waals surface area contributed by atoms with E-state index >= 15 is 0 Å². The zero-order chi connectivity index (χ0) is 16.1. The summed E-state index contributed by atoms with van der Waals surface area (Å²) in [5.41, 5.74) is 2.98. The van der Waals surface area contributed by atoms with E-state index < -0.39 is 0 Å². The van der Waals surface area contributed by atoms with Crippen LogP contribution in [0.1, 0.15) is 47.9 Å². The minimum absolute atomic E-state index is 0.0337. The predicted molar refractivity (Wildman–Crippen MR) is 86.9 cm³/mol. The van der Waals surface area contributed by atoms with Gasteiger partial charge in [-0.1, -0.05) is 31.2 Å². The Labute approximate surface area is 130 Å². The smallest absolute Gasteiger partial charge is 0.253 e. The molecule has 0 aliphatic carbocycles. The van der Waals surface area contributed by atoms with Crippen molar-refractivity contribution in [1.82, 2.24) is 10.3 Å². The van der Waals surface area contributed by atoms with Crippen molar-refractivity contribution in [3.8, 4) is 11.1 Å². The lowest BCUT2D eigenvalue weighted by atomic mass is 10.0. The number of nitrogens with one attached hydrogen (secondary N) is 1. The third-order valence-corrected chi connectivity index (χ3v) is 3.62. The number of Topliss-reactive ketones (excluding diaryl/α,β-unsaturated/α-hetero) is 1. The van der Waals surface area contributed by atoms with Crippen LogP contribution in [0.3, 0.4) is 0 Å². The van der Waals surface area contributed by atoms with Crippen molar-refractivity contribution >= 4 is 11.7 Å². The van der Waals surface area contributed by atoms with E-state index in [9.17, 15) is 9.59 Å². The average molecular weight is 296 g/mol. The fourth-order valence-corrected chi connectivity index (χ4v) is 2.03. The van der Waals surface area contributed by atoms with Crippen LogP contribution in [-0.2, 0) is 0 Å². The van der Waals surface area contributed by atoms with Gasteiger partial charge in [-0.25, -0.2) is 0 Å². The van der Waals surface area contributed by atoms with Crippen molar-refractivity contribution in [3.05, 3.63) is 53.9 Å². The Bertz CT molecular complexity index is 678. The third kappa shape index (κ3) is 3.79. The maximum absolute atomic E-state index is 12.1. The first-order valence-corrected chi connectivity index (χ1v) is 7.38. The zero-order valence-electron chi connectivity index (χ0n) is 13.1. The Balaban J connectivity index is 2.24. The van der Waals surface area contributed by atoms with Crippen LogP contribution in [0.5, 0.6) is 0 Å². The summed E-state index contributed by atoms with van der Waals surface area (Å²) in [5, 5.41) is 2.92. The van der Waals surface area contributed by atoms with Crippen LogP contribution in [0, 0.1) is 0 Å². The number of rotatable bonds is 5. The van der Waals surface area contributed by atoms with E-state index in [1.165, 1.54) is 6.92 Å². The molecule has 0 aliphatic rings. The van der Waals surface area contributed by atoms with Gasteiger partial charge in [0.25, 0.3) is 5.91 Å². The van der Waals surface area contributed by atoms with Crippen LogP contribution < -0.4 is 5.32 Å². The summed E-state index contributed by atoms with van der Waals surface area (Å²) in [6, 6.07) is 9.24. The highest BCUT2D eigenvalue weighted by molar-refractivity contribution is 5.96. The normalized spacial score (nSPS) is 11.8. The van der Waals surface area contributed by atoms with Gasteiger partial charge in [-0.3, -0.25) is 14.6 Å². The number of benzene rings is 1. The van der Waals surface area contributed by atoms with E-state index in [0.29, 0.717) is 11.1 Å². The van der Waals surface area contributed by atoms with Gasteiger partial charge in [0.15, 0.2) is 5.78 Å². The lowest BCUT2D eigenvalue weighted by molar-refractivity contribution is 0.0938. The van der Waals surface area contributed by atoms with E-state index in [1.54, 1.807) is 24.5 Å². The van der Waals surface area contributed by atoms with Crippen molar-refractivity contribution in [2.75, 3.05) is 0 Å². The van der Waals surface area contributed by atoms with Gasteiger partial charge in [0.1, 0.15) is 0 Å². The van der Waals surface area contributed by atoms with Gasteiger partial charge >= 0.3 is 0 Å². The van der Waals surface area contributed by atoms with Gasteiger partial charge in [0.05, 0.1) is 5.56 Å². The Hall–Kier alpha value is -2.49.